The third-order valence-corrected chi connectivity index (χ3v) is 3.64. The largest absolute Gasteiger partial charge is 0.503 e. The number of hydrogen-bond acceptors (Lipinski definition) is 7. The fraction of sp³-hybridized carbons (Fsp3) is 0.350. The van der Waals surface area contributed by atoms with Gasteiger partial charge in [-0.1, -0.05) is 24.3 Å². The van der Waals surface area contributed by atoms with E-state index in [0.717, 1.165) is 0 Å². The van der Waals surface area contributed by atoms with Gasteiger partial charge in [-0.3, -0.25) is 0 Å². The van der Waals surface area contributed by atoms with Crippen LogP contribution >= 0.6 is 0 Å². The van der Waals surface area contributed by atoms with Crippen molar-refractivity contribution in [1.82, 2.24) is 9.97 Å². The van der Waals surface area contributed by atoms with Crippen LogP contribution < -0.4 is 9.47 Å². The number of aromatic nitrogens is 2. The molecule has 7 nitrogen and oxygen atoms in total. The number of nitrogens with zero attached hydrogens (tertiary/aromatic N) is 2. The third-order valence-electron chi connectivity index (χ3n) is 3.64. The van der Waals surface area contributed by atoms with Gasteiger partial charge in [0.05, 0.1) is 26.6 Å². The molecule has 2 rings (SSSR count). The van der Waals surface area contributed by atoms with Gasteiger partial charge < -0.3 is 18.9 Å². The van der Waals surface area contributed by atoms with Gasteiger partial charge in [-0.15, -0.1) is 0 Å². The van der Waals surface area contributed by atoms with Crippen molar-refractivity contribution < 1.29 is 36.9 Å². The first-order valence-corrected chi connectivity index (χ1v) is 8.81. The summed E-state index contributed by atoms with van der Waals surface area (Å²) in [6, 6.07) is 6.90. The Morgan fingerprint density at radius 1 is 1.17 bits per heavy atom. The molecule has 0 atom stereocenters. The van der Waals surface area contributed by atoms with E-state index < -0.39 is 30.0 Å². The summed E-state index contributed by atoms with van der Waals surface area (Å²) < 4.78 is 59.8. The second kappa shape index (κ2) is 9.95. The molecule has 0 saturated carbocycles. The van der Waals surface area contributed by atoms with Crippen molar-refractivity contribution in [2.24, 2.45) is 0 Å². The van der Waals surface area contributed by atoms with E-state index >= 15 is 0 Å². The number of rotatable bonds is 8. The van der Waals surface area contributed by atoms with Crippen LogP contribution in [-0.2, 0) is 27.1 Å². The van der Waals surface area contributed by atoms with Crippen LogP contribution in [0.25, 0.3) is 5.57 Å². The van der Waals surface area contributed by atoms with Crippen LogP contribution in [0.4, 0.5) is 13.2 Å². The van der Waals surface area contributed by atoms with Gasteiger partial charge in [0.2, 0.25) is 5.88 Å². The van der Waals surface area contributed by atoms with E-state index in [9.17, 15) is 18.0 Å². The smallest absolute Gasteiger partial charge is 0.433 e. The predicted octanol–water partition coefficient (Wildman–Crippen LogP) is 4.02. The number of ether oxygens (including phenoxy) is 4. The number of methoxy groups -OCH3 is 2. The van der Waals surface area contributed by atoms with Crippen molar-refractivity contribution >= 4 is 11.5 Å². The summed E-state index contributed by atoms with van der Waals surface area (Å²) in [5.41, 5.74) is -0.118. The Hall–Kier alpha value is -3.30. The molecule has 30 heavy (non-hydrogen) atoms. The minimum absolute atomic E-state index is 0.127. The Balaban J connectivity index is 2.36. The molecule has 1 aromatic heterocycles. The number of carbonyl (C=O) groups is 1. The first-order valence-electron chi connectivity index (χ1n) is 8.81. The van der Waals surface area contributed by atoms with E-state index in [1.807, 2.05) is 0 Å². The van der Waals surface area contributed by atoms with Gasteiger partial charge in [0.25, 0.3) is 0 Å². The summed E-state index contributed by atoms with van der Waals surface area (Å²) in [6.07, 6.45) is -3.91. The summed E-state index contributed by atoms with van der Waals surface area (Å²) >= 11 is 0. The molecule has 162 valence electrons. The highest BCUT2D eigenvalue weighted by atomic mass is 19.4. The molecule has 0 fully saturated rings. The number of halogens is 3. The summed E-state index contributed by atoms with van der Waals surface area (Å²) in [5, 5.41) is 0. The van der Waals surface area contributed by atoms with Crippen molar-refractivity contribution in [3.05, 3.63) is 53.4 Å². The van der Waals surface area contributed by atoms with Crippen LogP contribution in [0.2, 0.25) is 0 Å². The quantitative estimate of drug-likeness (QED) is 0.358. The van der Waals surface area contributed by atoms with Gasteiger partial charge in [0, 0.05) is 6.07 Å². The van der Waals surface area contributed by atoms with Gasteiger partial charge in [-0.2, -0.15) is 23.1 Å². The maximum Gasteiger partial charge on any atom is 0.433 e. The highest BCUT2D eigenvalue weighted by Crippen LogP contribution is 2.31. The van der Waals surface area contributed by atoms with Gasteiger partial charge in [0.1, 0.15) is 12.2 Å². The Labute approximate surface area is 171 Å². The van der Waals surface area contributed by atoms with Crippen molar-refractivity contribution in [3.8, 4) is 11.9 Å². The molecule has 2 aromatic rings. The molecule has 1 aromatic carbocycles. The normalized spacial score (nSPS) is 11.9. The lowest BCUT2D eigenvalue weighted by Crippen LogP contribution is -2.14. The molecule has 0 spiro atoms. The van der Waals surface area contributed by atoms with E-state index in [4.69, 9.17) is 18.9 Å². The molecule has 0 saturated heterocycles. The van der Waals surface area contributed by atoms with Gasteiger partial charge >= 0.3 is 18.2 Å². The minimum Gasteiger partial charge on any atom is -0.503 e. The SMILES string of the molecule is CO/C=C(/C(=O)OC)c1ccccc1COc1cc(C(F)(F)F)nc(OC(C)C)n1. The lowest BCUT2D eigenvalue weighted by atomic mass is 10.0. The molecule has 10 heteroatoms. The molecule has 0 aliphatic heterocycles. The van der Waals surface area contributed by atoms with E-state index in [0.29, 0.717) is 17.2 Å². The molecule has 0 bridgehead atoms. The zero-order valence-corrected chi connectivity index (χ0v) is 16.8. The molecule has 0 aliphatic rings. The van der Waals surface area contributed by atoms with Crippen molar-refractivity contribution in [2.45, 2.75) is 32.7 Å². The maximum absolute atomic E-state index is 13.2. The maximum atomic E-state index is 13.2. The zero-order valence-electron chi connectivity index (χ0n) is 16.8. The summed E-state index contributed by atoms with van der Waals surface area (Å²) in [5.74, 6) is -0.962. The number of hydrogen-bond donors (Lipinski definition) is 0. The lowest BCUT2D eigenvalue weighted by molar-refractivity contribution is -0.141. The molecule has 1 heterocycles. The molecule has 0 radical (unpaired) electrons. The van der Waals surface area contributed by atoms with E-state index in [-0.39, 0.29) is 18.1 Å². The van der Waals surface area contributed by atoms with Crippen LogP contribution in [0.15, 0.2) is 36.6 Å². The van der Waals surface area contributed by atoms with Crippen LogP contribution in [0.1, 0.15) is 30.7 Å². The van der Waals surface area contributed by atoms with Crippen LogP contribution in [0.5, 0.6) is 11.9 Å². The topological polar surface area (TPSA) is 79.8 Å². The first kappa shape index (κ1) is 23.0. The molecule has 0 aliphatic carbocycles. The summed E-state index contributed by atoms with van der Waals surface area (Å²) in [6.45, 7) is 3.09. The van der Waals surface area contributed by atoms with Crippen molar-refractivity contribution in [1.29, 1.82) is 0 Å². The van der Waals surface area contributed by atoms with E-state index in [2.05, 4.69) is 9.97 Å². The Morgan fingerprint density at radius 3 is 2.47 bits per heavy atom. The predicted molar refractivity (Wildman–Crippen MR) is 101 cm³/mol. The lowest BCUT2D eigenvalue weighted by Gasteiger charge is -2.15. The average Bonchev–Trinajstić information content (AvgIpc) is 2.69. The van der Waals surface area contributed by atoms with Crippen LogP contribution in [0, 0.1) is 0 Å². The second-order valence-electron chi connectivity index (χ2n) is 6.24. The fourth-order valence-electron chi connectivity index (χ4n) is 2.40. The first-order chi connectivity index (χ1) is 14.2. The Morgan fingerprint density at radius 2 is 1.87 bits per heavy atom. The number of esters is 1. The molecular formula is C20H21F3N2O5. The molecule has 0 N–H and O–H groups in total. The van der Waals surface area contributed by atoms with Crippen LogP contribution in [0.3, 0.4) is 0 Å². The van der Waals surface area contributed by atoms with Crippen molar-refractivity contribution in [3.63, 3.8) is 0 Å². The van der Waals surface area contributed by atoms with E-state index in [1.165, 1.54) is 20.5 Å². The Kier molecular flexibility index (Phi) is 7.62. The highest BCUT2D eigenvalue weighted by molar-refractivity contribution is 6.16. The Bertz CT molecular complexity index is 914. The number of benzene rings is 1. The number of carbonyl (C=O) groups excluding carboxylic acids is 1. The zero-order chi connectivity index (χ0) is 22.3. The van der Waals surface area contributed by atoms with Crippen LogP contribution in [-0.4, -0.2) is 36.3 Å². The monoisotopic (exact) mass is 426 g/mol. The van der Waals surface area contributed by atoms with Crippen molar-refractivity contribution in [2.75, 3.05) is 14.2 Å². The summed E-state index contributed by atoms with van der Waals surface area (Å²) in [7, 11) is 2.60. The molecule has 0 unspecified atom stereocenters. The standard InChI is InChI=1S/C20H21F3N2O5/c1-12(2)30-19-24-16(20(21,22)23)9-17(25-19)29-10-13-7-5-6-8-14(13)15(11-27-3)18(26)28-4/h5-9,11-12H,10H2,1-4H3/b15-11+. The van der Waals surface area contributed by atoms with Gasteiger partial charge in [-0.25, -0.2) is 4.79 Å². The second-order valence-corrected chi connectivity index (χ2v) is 6.24. The molecular weight excluding hydrogens is 405 g/mol. The molecule has 0 amide bonds. The van der Waals surface area contributed by atoms with Gasteiger partial charge in [0.15, 0.2) is 5.69 Å². The number of alkyl halides is 3. The minimum atomic E-state index is -4.70. The van der Waals surface area contributed by atoms with E-state index in [1.54, 1.807) is 38.1 Å². The van der Waals surface area contributed by atoms with Gasteiger partial charge in [-0.05, 0) is 25.0 Å². The fourth-order valence-corrected chi connectivity index (χ4v) is 2.40. The summed E-state index contributed by atoms with van der Waals surface area (Å²) in [4.78, 5) is 19.3. The third kappa shape index (κ3) is 6.10. The highest BCUT2D eigenvalue weighted by Gasteiger charge is 2.34. The average molecular weight is 426 g/mol.